The maximum atomic E-state index is 11.1. The zero-order valence-electron chi connectivity index (χ0n) is 7.69. The molecule has 1 heteroatoms. The van der Waals surface area contributed by atoms with Crippen LogP contribution in [0.25, 0.3) is 0 Å². The molecule has 0 rings (SSSR count). The van der Waals surface area contributed by atoms with Gasteiger partial charge < -0.3 is 0 Å². The van der Waals surface area contributed by atoms with Crippen LogP contribution in [0.2, 0.25) is 0 Å². The third-order valence-corrected chi connectivity index (χ3v) is 2.75. The van der Waals surface area contributed by atoms with Crippen molar-refractivity contribution in [3.8, 4) is 0 Å². The van der Waals surface area contributed by atoms with E-state index in [0.29, 0.717) is 11.7 Å². The molecule has 0 aromatic carbocycles. The lowest BCUT2D eigenvalue weighted by Crippen LogP contribution is -2.28. The van der Waals surface area contributed by atoms with Crippen molar-refractivity contribution in [2.45, 2.75) is 41.0 Å². The Hall–Kier alpha value is -0.330. The van der Waals surface area contributed by atoms with E-state index in [1.165, 1.54) is 0 Å². The molecule has 0 bridgehead atoms. The van der Waals surface area contributed by atoms with E-state index in [1.54, 1.807) is 6.92 Å². The Morgan fingerprint density at radius 3 is 2.00 bits per heavy atom. The lowest BCUT2D eigenvalue weighted by Gasteiger charge is -2.27. The largest absolute Gasteiger partial charge is 0.299 e. The fraction of sp³-hybridized carbons (Fsp3) is 0.889. The summed E-state index contributed by atoms with van der Waals surface area (Å²) in [5, 5.41) is 0. The number of Topliss-reactive ketones (excluding diaryl/α,β-unsaturated/α-hetero) is 1. The molecule has 0 aromatic rings. The van der Waals surface area contributed by atoms with Crippen LogP contribution in [-0.2, 0) is 4.79 Å². The van der Waals surface area contributed by atoms with Crippen molar-refractivity contribution in [1.82, 2.24) is 0 Å². The maximum Gasteiger partial charge on any atom is 0.135 e. The van der Waals surface area contributed by atoms with E-state index in [0.717, 1.165) is 6.42 Å². The van der Waals surface area contributed by atoms with Crippen LogP contribution in [-0.4, -0.2) is 5.78 Å². The molecule has 0 aromatic heterocycles. The van der Waals surface area contributed by atoms with E-state index in [2.05, 4.69) is 13.8 Å². The molecule has 0 aliphatic heterocycles. The molecule has 1 atom stereocenters. The Kier molecular flexibility index (Phi) is 3.07. The molecule has 0 spiro atoms. The summed E-state index contributed by atoms with van der Waals surface area (Å²) in [5.74, 6) is 0.784. The molecular formula is C9H18O. The van der Waals surface area contributed by atoms with E-state index in [1.807, 2.05) is 13.8 Å². The molecule has 0 N–H and O–H groups in total. The smallest absolute Gasteiger partial charge is 0.135 e. The van der Waals surface area contributed by atoms with Crippen molar-refractivity contribution in [1.29, 1.82) is 0 Å². The van der Waals surface area contributed by atoms with Gasteiger partial charge in [-0.3, -0.25) is 4.79 Å². The highest BCUT2D eigenvalue weighted by Crippen LogP contribution is 2.29. The second-order valence-corrected chi connectivity index (χ2v) is 3.59. The molecule has 0 saturated heterocycles. The minimum absolute atomic E-state index is 0.130. The van der Waals surface area contributed by atoms with Crippen LogP contribution in [0.5, 0.6) is 0 Å². The average molecular weight is 142 g/mol. The van der Waals surface area contributed by atoms with E-state index in [-0.39, 0.29) is 5.41 Å². The van der Waals surface area contributed by atoms with Gasteiger partial charge in [0, 0.05) is 5.41 Å². The molecule has 0 amide bonds. The third kappa shape index (κ3) is 1.83. The van der Waals surface area contributed by atoms with Gasteiger partial charge in [0.1, 0.15) is 5.78 Å². The Morgan fingerprint density at radius 1 is 1.50 bits per heavy atom. The maximum absolute atomic E-state index is 11.1. The summed E-state index contributed by atoms with van der Waals surface area (Å²) in [7, 11) is 0. The van der Waals surface area contributed by atoms with Gasteiger partial charge in [-0.15, -0.1) is 0 Å². The molecule has 0 unspecified atom stereocenters. The summed E-state index contributed by atoms with van der Waals surface area (Å²) in [6.45, 7) is 9.95. The molecule has 0 fully saturated rings. The monoisotopic (exact) mass is 142 g/mol. The van der Waals surface area contributed by atoms with Gasteiger partial charge in [-0.05, 0) is 12.8 Å². The first-order valence-corrected chi connectivity index (χ1v) is 3.94. The van der Waals surface area contributed by atoms with Crippen LogP contribution >= 0.6 is 0 Å². The predicted octanol–water partition coefficient (Wildman–Crippen LogP) is 2.65. The van der Waals surface area contributed by atoms with Gasteiger partial charge in [-0.25, -0.2) is 0 Å². The van der Waals surface area contributed by atoms with E-state index < -0.39 is 0 Å². The molecule has 1 nitrogen and oxygen atoms in total. The molecule has 10 heavy (non-hydrogen) atoms. The van der Waals surface area contributed by atoms with Gasteiger partial charge in [-0.2, -0.15) is 0 Å². The second-order valence-electron chi connectivity index (χ2n) is 3.59. The lowest BCUT2D eigenvalue weighted by atomic mass is 9.76. The molecule has 0 radical (unpaired) electrons. The van der Waals surface area contributed by atoms with E-state index in [4.69, 9.17) is 0 Å². The summed E-state index contributed by atoms with van der Waals surface area (Å²) >= 11 is 0. The van der Waals surface area contributed by atoms with E-state index >= 15 is 0 Å². The number of hydrogen-bond acceptors (Lipinski definition) is 1. The fourth-order valence-electron chi connectivity index (χ4n) is 0.857. The summed E-state index contributed by atoms with van der Waals surface area (Å²) in [6, 6.07) is 0. The topological polar surface area (TPSA) is 17.1 Å². The number of carbonyl (C=O) groups excluding carboxylic acids is 1. The number of carbonyl (C=O) groups is 1. The molecule has 60 valence electrons. The predicted molar refractivity (Wildman–Crippen MR) is 43.9 cm³/mol. The van der Waals surface area contributed by atoms with Crippen molar-refractivity contribution in [2.75, 3.05) is 0 Å². The zero-order chi connectivity index (χ0) is 8.36. The first kappa shape index (κ1) is 9.67. The van der Waals surface area contributed by atoms with Gasteiger partial charge in [0.25, 0.3) is 0 Å². The highest BCUT2D eigenvalue weighted by Gasteiger charge is 2.28. The van der Waals surface area contributed by atoms with E-state index in [9.17, 15) is 4.79 Å². The van der Waals surface area contributed by atoms with Crippen LogP contribution in [0.1, 0.15) is 41.0 Å². The third-order valence-electron chi connectivity index (χ3n) is 2.75. The molecule has 0 heterocycles. The SMILES string of the molecule is CC[C@H](C)C(C)(C)C(C)=O. The fourth-order valence-corrected chi connectivity index (χ4v) is 0.857. The summed E-state index contributed by atoms with van der Waals surface area (Å²) < 4.78 is 0. The quantitative estimate of drug-likeness (QED) is 0.592. The minimum Gasteiger partial charge on any atom is -0.299 e. The molecular weight excluding hydrogens is 124 g/mol. The van der Waals surface area contributed by atoms with Crippen LogP contribution in [0.3, 0.4) is 0 Å². The summed E-state index contributed by atoms with van der Waals surface area (Å²) in [5.41, 5.74) is -0.130. The second kappa shape index (κ2) is 3.18. The highest BCUT2D eigenvalue weighted by molar-refractivity contribution is 5.81. The van der Waals surface area contributed by atoms with Crippen molar-refractivity contribution < 1.29 is 4.79 Å². The standard InChI is InChI=1S/C9H18O/c1-6-7(2)9(4,5)8(3)10/h7H,6H2,1-5H3/t7-/m0/s1. The number of hydrogen-bond donors (Lipinski definition) is 0. The van der Waals surface area contributed by atoms with Gasteiger partial charge in [0.05, 0.1) is 0 Å². The summed E-state index contributed by atoms with van der Waals surface area (Å²) in [6.07, 6.45) is 1.08. The number of ketones is 1. The average Bonchev–Trinajstić information content (AvgIpc) is 1.86. The molecule has 0 saturated carbocycles. The zero-order valence-corrected chi connectivity index (χ0v) is 7.69. The van der Waals surface area contributed by atoms with Gasteiger partial charge >= 0.3 is 0 Å². The molecule has 0 aliphatic rings. The Morgan fingerprint density at radius 2 is 1.90 bits per heavy atom. The highest BCUT2D eigenvalue weighted by atomic mass is 16.1. The van der Waals surface area contributed by atoms with Crippen LogP contribution < -0.4 is 0 Å². The first-order valence-electron chi connectivity index (χ1n) is 3.94. The summed E-state index contributed by atoms with van der Waals surface area (Å²) in [4.78, 5) is 11.1. The minimum atomic E-state index is -0.130. The van der Waals surface area contributed by atoms with Gasteiger partial charge in [-0.1, -0.05) is 34.1 Å². The Labute approximate surface area is 63.8 Å². The number of rotatable bonds is 3. The lowest BCUT2D eigenvalue weighted by molar-refractivity contribution is -0.127. The van der Waals surface area contributed by atoms with Crippen LogP contribution in [0, 0.1) is 11.3 Å². The van der Waals surface area contributed by atoms with Gasteiger partial charge in [0.2, 0.25) is 0 Å². The van der Waals surface area contributed by atoms with Crippen LogP contribution in [0.15, 0.2) is 0 Å². The van der Waals surface area contributed by atoms with Crippen LogP contribution in [0.4, 0.5) is 0 Å². The normalized spacial score (nSPS) is 14.9. The van der Waals surface area contributed by atoms with Crippen molar-refractivity contribution >= 4 is 5.78 Å². The Balaban J connectivity index is 4.23. The van der Waals surface area contributed by atoms with Gasteiger partial charge in [0.15, 0.2) is 0 Å². The first-order chi connectivity index (χ1) is 4.42. The Bertz CT molecular complexity index is 125. The molecule has 0 aliphatic carbocycles. The van der Waals surface area contributed by atoms with Crippen molar-refractivity contribution in [3.63, 3.8) is 0 Å². The van der Waals surface area contributed by atoms with Crippen molar-refractivity contribution in [2.24, 2.45) is 11.3 Å². The van der Waals surface area contributed by atoms with Crippen molar-refractivity contribution in [3.05, 3.63) is 0 Å².